The maximum absolute atomic E-state index is 8.63. The zero-order valence-corrected chi connectivity index (χ0v) is 12.1. The third-order valence-electron chi connectivity index (χ3n) is 1.67. The van der Waals surface area contributed by atoms with Crippen LogP contribution in [0.25, 0.3) is 0 Å². The smallest absolute Gasteiger partial charge is 0.0434 e. The quantitative estimate of drug-likeness (QED) is 0.568. The van der Waals surface area contributed by atoms with E-state index in [4.69, 9.17) is 10.8 Å². The molecule has 0 fully saturated rings. The summed E-state index contributed by atoms with van der Waals surface area (Å²) in [6.07, 6.45) is 11.4. The second-order valence-electron chi connectivity index (χ2n) is 3.13. The molecule has 0 aliphatic carbocycles. The van der Waals surface area contributed by atoms with Crippen molar-refractivity contribution in [1.82, 2.24) is 0 Å². The predicted molar refractivity (Wildman–Crippen MR) is 78.5 cm³/mol. The molecule has 2 nitrogen and oxygen atoms in total. The molecule has 0 radical (unpaired) electrons. The van der Waals surface area contributed by atoms with Gasteiger partial charge in [-0.15, -0.1) is 12.3 Å². The Hall–Kier alpha value is -1.20. The van der Waals surface area contributed by atoms with Gasteiger partial charge in [0.25, 0.3) is 0 Å². The van der Waals surface area contributed by atoms with Crippen LogP contribution in [0.15, 0.2) is 23.4 Å². The molecule has 0 atom stereocenters. The van der Waals surface area contributed by atoms with Crippen LogP contribution in [0.5, 0.6) is 0 Å². The average molecular weight is 239 g/mol. The van der Waals surface area contributed by atoms with Crippen LogP contribution in [-0.2, 0) is 0 Å². The van der Waals surface area contributed by atoms with Gasteiger partial charge in [0.05, 0.1) is 0 Å². The van der Waals surface area contributed by atoms with Crippen molar-refractivity contribution in [3.05, 3.63) is 23.4 Å². The van der Waals surface area contributed by atoms with Crippen LogP contribution in [0.1, 0.15) is 53.9 Å². The summed E-state index contributed by atoms with van der Waals surface area (Å²) < 4.78 is 0. The van der Waals surface area contributed by atoms with Gasteiger partial charge >= 0.3 is 0 Å². The molecule has 0 unspecified atom stereocenters. The third-order valence-corrected chi connectivity index (χ3v) is 1.67. The molecule has 0 aliphatic heterocycles. The van der Waals surface area contributed by atoms with E-state index in [1.807, 2.05) is 26.8 Å². The lowest BCUT2D eigenvalue weighted by atomic mass is 10.1. The van der Waals surface area contributed by atoms with Crippen molar-refractivity contribution >= 4 is 0 Å². The Labute approximate surface area is 108 Å². The van der Waals surface area contributed by atoms with Crippen LogP contribution in [0.2, 0.25) is 0 Å². The van der Waals surface area contributed by atoms with Crippen LogP contribution in [0, 0.1) is 12.3 Å². The molecule has 3 N–H and O–H groups in total. The van der Waals surface area contributed by atoms with E-state index < -0.39 is 0 Å². The SMILES string of the molecule is C#CC.CC.CC/C=C\C(CCCO)=C(/C)N. The van der Waals surface area contributed by atoms with Crippen molar-refractivity contribution in [3.63, 3.8) is 0 Å². The molecular weight excluding hydrogens is 210 g/mol. The van der Waals surface area contributed by atoms with Crippen molar-refractivity contribution in [2.45, 2.75) is 53.9 Å². The predicted octanol–water partition coefficient (Wildman–Crippen LogP) is 3.62. The van der Waals surface area contributed by atoms with Crippen LogP contribution in [-0.4, -0.2) is 11.7 Å². The highest BCUT2D eigenvalue weighted by Gasteiger charge is 1.94. The topological polar surface area (TPSA) is 46.2 Å². The fraction of sp³-hybridized carbons (Fsp3) is 0.600. The average Bonchev–Trinajstić information content (AvgIpc) is 2.32. The van der Waals surface area contributed by atoms with Gasteiger partial charge in [-0.25, -0.2) is 0 Å². The van der Waals surface area contributed by atoms with Gasteiger partial charge in [0.15, 0.2) is 0 Å². The van der Waals surface area contributed by atoms with Crippen LogP contribution in [0.3, 0.4) is 0 Å². The molecule has 0 saturated carbocycles. The number of aliphatic hydroxyl groups excluding tert-OH is 1. The second-order valence-corrected chi connectivity index (χ2v) is 3.13. The number of aliphatic hydroxyl groups is 1. The molecule has 0 spiro atoms. The van der Waals surface area contributed by atoms with Gasteiger partial charge in [-0.05, 0) is 38.7 Å². The molecule has 100 valence electrons. The highest BCUT2D eigenvalue weighted by Crippen LogP contribution is 2.09. The Kier molecular flexibility index (Phi) is 25.2. The van der Waals surface area contributed by atoms with Crippen LogP contribution in [0.4, 0.5) is 0 Å². The fourth-order valence-corrected chi connectivity index (χ4v) is 0.942. The zero-order chi connectivity index (χ0) is 14.1. The monoisotopic (exact) mass is 239 g/mol. The van der Waals surface area contributed by atoms with Gasteiger partial charge in [-0.1, -0.05) is 32.9 Å². The number of rotatable bonds is 5. The number of allylic oxidation sites excluding steroid dienone is 4. The summed E-state index contributed by atoms with van der Waals surface area (Å²) in [5.74, 6) is 2.25. The summed E-state index contributed by atoms with van der Waals surface area (Å²) in [6, 6.07) is 0. The summed E-state index contributed by atoms with van der Waals surface area (Å²) in [5, 5.41) is 8.63. The molecule has 0 aliphatic rings. The van der Waals surface area contributed by atoms with Gasteiger partial charge in [-0.3, -0.25) is 0 Å². The van der Waals surface area contributed by atoms with Crippen molar-refractivity contribution in [3.8, 4) is 12.3 Å². The molecule has 0 amide bonds. The van der Waals surface area contributed by atoms with Crippen molar-refractivity contribution in [2.24, 2.45) is 5.73 Å². The molecule has 2 heteroatoms. The minimum absolute atomic E-state index is 0.233. The summed E-state index contributed by atoms with van der Waals surface area (Å²) in [4.78, 5) is 0. The molecular formula is C15H29NO. The normalized spacial score (nSPS) is 10.4. The largest absolute Gasteiger partial charge is 0.402 e. The maximum atomic E-state index is 8.63. The molecule has 0 bridgehead atoms. The van der Waals surface area contributed by atoms with E-state index in [9.17, 15) is 0 Å². The van der Waals surface area contributed by atoms with E-state index in [1.165, 1.54) is 0 Å². The van der Waals surface area contributed by atoms with Gasteiger partial charge in [0, 0.05) is 12.3 Å². The second kappa shape index (κ2) is 20.2. The van der Waals surface area contributed by atoms with E-state index in [2.05, 4.69) is 25.3 Å². The first-order valence-electron chi connectivity index (χ1n) is 6.23. The molecule has 0 aromatic heterocycles. The standard InChI is InChI=1S/C10H19NO.C3H4.C2H6/c1-3-4-6-10(9(2)11)7-5-8-12;1-3-2;1-2/h4,6,12H,3,5,7-8,11H2,1-2H3;1H,2H3;1-2H3/b6-4-,10-9-;;. The Morgan fingerprint density at radius 3 is 2.18 bits per heavy atom. The minimum Gasteiger partial charge on any atom is -0.402 e. The first-order valence-corrected chi connectivity index (χ1v) is 6.23. The fourth-order valence-electron chi connectivity index (χ4n) is 0.942. The summed E-state index contributed by atoms with van der Waals surface area (Å²) >= 11 is 0. The summed E-state index contributed by atoms with van der Waals surface area (Å²) in [7, 11) is 0. The lowest BCUT2D eigenvalue weighted by Crippen LogP contribution is -1.97. The Bertz CT molecular complexity index is 230. The molecule has 0 aromatic rings. The lowest BCUT2D eigenvalue weighted by Gasteiger charge is -2.02. The minimum atomic E-state index is 0.233. The van der Waals surface area contributed by atoms with Gasteiger partial charge in [0.2, 0.25) is 0 Å². The Morgan fingerprint density at radius 1 is 1.41 bits per heavy atom. The number of nitrogens with two attached hydrogens (primary N) is 1. The van der Waals surface area contributed by atoms with Gasteiger partial charge < -0.3 is 10.8 Å². The molecule has 0 rings (SSSR count). The summed E-state index contributed by atoms with van der Waals surface area (Å²) in [6.45, 7) is 9.87. The van der Waals surface area contributed by atoms with E-state index >= 15 is 0 Å². The first-order chi connectivity index (χ1) is 8.13. The van der Waals surface area contributed by atoms with Crippen molar-refractivity contribution in [2.75, 3.05) is 6.61 Å². The molecule has 0 heterocycles. The number of terminal acetylenes is 1. The summed E-state index contributed by atoms with van der Waals surface area (Å²) in [5.41, 5.74) is 7.66. The third kappa shape index (κ3) is 20.8. The Morgan fingerprint density at radius 2 is 1.88 bits per heavy atom. The van der Waals surface area contributed by atoms with Gasteiger partial charge in [0.1, 0.15) is 0 Å². The maximum Gasteiger partial charge on any atom is 0.0434 e. The van der Waals surface area contributed by atoms with E-state index in [0.29, 0.717) is 0 Å². The molecule has 0 saturated heterocycles. The van der Waals surface area contributed by atoms with Crippen molar-refractivity contribution < 1.29 is 5.11 Å². The number of hydrogen-bond donors (Lipinski definition) is 2. The zero-order valence-electron chi connectivity index (χ0n) is 12.1. The van der Waals surface area contributed by atoms with Crippen molar-refractivity contribution in [1.29, 1.82) is 0 Å². The lowest BCUT2D eigenvalue weighted by molar-refractivity contribution is 0.288. The van der Waals surface area contributed by atoms with Crippen LogP contribution < -0.4 is 5.73 Å². The highest BCUT2D eigenvalue weighted by atomic mass is 16.2. The molecule has 17 heavy (non-hydrogen) atoms. The van der Waals surface area contributed by atoms with Gasteiger partial charge in [-0.2, -0.15) is 0 Å². The highest BCUT2D eigenvalue weighted by molar-refractivity contribution is 5.22. The molecule has 0 aromatic carbocycles. The van der Waals surface area contributed by atoms with Crippen LogP contribution >= 0.6 is 0 Å². The first kappa shape index (κ1) is 21.1. The van der Waals surface area contributed by atoms with E-state index in [1.54, 1.807) is 6.92 Å². The van der Waals surface area contributed by atoms with E-state index in [0.717, 1.165) is 30.5 Å². The number of hydrogen-bond acceptors (Lipinski definition) is 2. The Balaban J connectivity index is -0.000000337. The van der Waals surface area contributed by atoms with E-state index in [-0.39, 0.29) is 6.61 Å².